The van der Waals surface area contributed by atoms with E-state index in [1.54, 1.807) is 4.90 Å². The number of nitrogens with one attached hydrogen (secondary N) is 1. The molecule has 2 aromatic carbocycles. The first-order valence-electron chi connectivity index (χ1n) is 9.29. The number of carbonyl (C=O) groups is 2. The minimum absolute atomic E-state index is 0.0141. The van der Waals surface area contributed by atoms with Crippen LogP contribution in [0.25, 0.3) is 0 Å². The fraction of sp³-hybridized carbons (Fsp3) is 0.364. The molecule has 0 spiro atoms. The zero-order chi connectivity index (χ0) is 19.8. The van der Waals surface area contributed by atoms with Gasteiger partial charge in [-0.05, 0) is 37.1 Å². The lowest BCUT2D eigenvalue weighted by molar-refractivity contribution is -0.141. The van der Waals surface area contributed by atoms with Crippen molar-refractivity contribution >= 4 is 27.7 Å². The first-order valence-corrected chi connectivity index (χ1v) is 10.1. The van der Waals surface area contributed by atoms with E-state index in [-0.39, 0.29) is 17.9 Å². The quantitative estimate of drug-likeness (QED) is 0.677. The van der Waals surface area contributed by atoms with Gasteiger partial charge in [0.1, 0.15) is 6.04 Å². The second kappa shape index (κ2) is 10.3. The van der Waals surface area contributed by atoms with Gasteiger partial charge in [0, 0.05) is 29.9 Å². The summed E-state index contributed by atoms with van der Waals surface area (Å²) in [5.74, 6) is -0.152. The van der Waals surface area contributed by atoms with Crippen LogP contribution in [0.4, 0.5) is 0 Å². The second-order valence-corrected chi connectivity index (χ2v) is 7.79. The molecule has 2 rings (SSSR count). The number of hydrogen-bond acceptors (Lipinski definition) is 2. The Morgan fingerprint density at radius 1 is 1.04 bits per heavy atom. The first kappa shape index (κ1) is 21.2. The summed E-state index contributed by atoms with van der Waals surface area (Å²) < 4.78 is 0.954. The minimum Gasteiger partial charge on any atom is -0.352 e. The predicted octanol–water partition coefficient (Wildman–Crippen LogP) is 4.32. The highest BCUT2D eigenvalue weighted by Gasteiger charge is 2.29. The van der Waals surface area contributed by atoms with E-state index in [1.807, 2.05) is 75.4 Å². The van der Waals surface area contributed by atoms with E-state index >= 15 is 0 Å². The van der Waals surface area contributed by atoms with Crippen LogP contribution in [-0.4, -0.2) is 28.8 Å². The first-order chi connectivity index (χ1) is 12.9. The maximum atomic E-state index is 13.0. The Morgan fingerprint density at radius 3 is 2.30 bits per heavy atom. The summed E-state index contributed by atoms with van der Waals surface area (Å²) in [7, 11) is 0. The summed E-state index contributed by atoms with van der Waals surface area (Å²) in [5, 5.41) is 2.98. The van der Waals surface area contributed by atoms with E-state index in [0.717, 1.165) is 15.6 Å². The molecule has 0 aliphatic rings. The molecule has 1 atom stereocenters. The molecular formula is C22H27BrN2O2. The molecule has 0 heterocycles. The molecule has 1 N–H and O–H groups in total. The van der Waals surface area contributed by atoms with Gasteiger partial charge in [-0.2, -0.15) is 0 Å². The molecule has 5 heteroatoms. The van der Waals surface area contributed by atoms with Crippen LogP contribution in [0.1, 0.15) is 38.3 Å². The van der Waals surface area contributed by atoms with Crippen LogP contribution >= 0.6 is 15.9 Å². The van der Waals surface area contributed by atoms with Gasteiger partial charge in [0.15, 0.2) is 0 Å². The van der Waals surface area contributed by atoms with Gasteiger partial charge >= 0.3 is 0 Å². The molecule has 144 valence electrons. The van der Waals surface area contributed by atoms with Crippen LogP contribution in [0.15, 0.2) is 59.1 Å². The van der Waals surface area contributed by atoms with Gasteiger partial charge in [-0.1, -0.05) is 65.3 Å². The average molecular weight is 431 g/mol. The lowest BCUT2D eigenvalue weighted by atomic mass is 10.0. The molecule has 2 amide bonds. The standard InChI is InChI=1S/C22H27BrN2O2/c1-4-21(26)25(15-18-11-8-12-19(23)13-18)20(22(27)24-16(2)3)14-17-9-6-5-7-10-17/h5-13,16,20H,4,14-15H2,1-3H3,(H,24,27)/t20-/m0/s1. The molecule has 0 bridgehead atoms. The van der Waals surface area contributed by atoms with Crippen LogP contribution in [0.3, 0.4) is 0 Å². The van der Waals surface area contributed by atoms with E-state index in [0.29, 0.717) is 19.4 Å². The highest BCUT2D eigenvalue weighted by Crippen LogP contribution is 2.18. The van der Waals surface area contributed by atoms with E-state index in [1.165, 1.54) is 0 Å². The Balaban J connectivity index is 2.35. The van der Waals surface area contributed by atoms with E-state index in [9.17, 15) is 9.59 Å². The maximum absolute atomic E-state index is 13.0. The van der Waals surface area contributed by atoms with Crippen molar-refractivity contribution in [3.8, 4) is 0 Å². The molecule has 0 aromatic heterocycles. The number of rotatable bonds is 8. The monoisotopic (exact) mass is 430 g/mol. The maximum Gasteiger partial charge on any atom is 0.243 e. The Bertz CT molecular complexity index is 762. The summed E-state index contributed by atoms with van der Waals surface area (Å²) >= 11 is 3.48. The normalized spacial score (nSPS) is 11.9. The van der Waals surface area contributed by atoms with Gasteiger partial charge < -0.3 is 10.2 Å². The van der Waals surface area contributed by atoms with Gasteiger partial charge in [0.25, 0.3) is 0 Å². The van der Waals surface area contributed by atoms with Crippen molar-refractivity contribution in [1.82, 2.24) is 10.2 Å². The van der Waals surface area contributed by atoms with Gasteiger partial charge in [-0.15, -0.1) is 0 Å². The third kappa shape index (κ3) is 6.51. The van der Waals surface area contributed by atoms with Crippen LogP contribution < -0.4 is 5.32 Å². The third-order valence-electron chi connectivity index (χ3n) is 4.25. The zero-order valence-corrected chi connectivity index (χ0v) is 17.7. The van der Waals surface area contributed by atoms with Crippen molar-refractivity contribution in [3.63, 3.8) is 0 Å². The summed E-state index contributed by atoms with van der Waals surface area (Å²) in [4.78, 5) is 27.4. The molecule has 0 saturated carbocycles. The van der Waals surface area contributed by atoms with Crippen LogP contribution in [-0.2, 0) is 22.6 Å². The Hall–Kier alpha value is -2.14. The van der Waals surface area contributed by atoms with Crippen molar-refractivity contribution in [2.75, 3.05) is 0 Å². The number of hydrogen-bond donors (Lipinski definition) is 1. The molecule has 0 aliphatic carbocycles. The van der Waals surface area contributed by atoms with Gasteiger partial charge in [-0.25, -0.2) is 0 Å². The van der Waals surface area contributed by atoms with Crippen molar-refractivity contribution in [1.29, 1.82) is 0 Å². The Kier molecular flexibility index (Phi) is 8.04. The largest absolute Gasteiger partial charge is 0.352 e. The minimum atomic E-state index is -0.554. The zero-order valence-electron chi connectivity index (χ0n) is 16.1. The smallest absolute Gasteiger partial charge is 0.243 e. The second-order valence-electron chi connectivity index (χ2n) is 6.87. The van der Waals surface area contributed by atoms with Crippen molar-refractivity contribution in [2.45, 2.75) is 52.2 Å². The fourth-order valence-corrected chi connectivity index (χ4v) is 3.42. The fourth-order valence-electron chi connectivity index (χ4n) is 2.97. The Labute approximate surface area is 170 Å². The lowest BCUT2D eigenvalue weighted by Gasteiger charge is -2.32. The number of benzene rings is 2. The number of nitrogens with zero attached hydrogens (tertiary/aromatic N) is 1. The molecule has 0 radical (unpaired) electrons. The van der Waals surface area contributed by atoms with Gasteiger partial charge in [-0.3, -0.25) is 9.59 Å². The number of carbonyl (C=O) groups excluding carboxylic acids is 2. The summed E-state index contributed by atoms with van der Waals surface area (Å²) in [6.45, 7) is 6.08. The molecule has 27 heavy (non-hydrogen) atoms. The molecule has 0 unspecified atom stereocenters. The lowest BCUT2D eigenvalue weighted by Crippen LogP contribution is -2.51. The van der Waals surface area contributed by atoms with E-state index in [2.05, 4.69) is 21.2 Å². The summed E-state index contributed by atoms with van der Waals surface area (Å²) in [6.07, 6.45) is 0.841. The number of amides is 2. The molecule has 2 aromatic rings. The van der Waals surface area contributed by atoms with Crippen LogP contribution in [0, 0.1) is 0 Å². The van der Waals surface area contributed by atoms with Crippen molar-refractivity contribution in [3.05, 3.63) is 70.2 Å². The predicted molar refractivity (Wildman–Crippen MR) is 112 cm³/mol. The summed E-state index contributed by atoms with van der Waals surface area (Å²) in [5.41, 5.74) is 2.02. The number of halogens is 1. The van der Waals surface area contributed by atoms with Gasteiger partial charge in [0.2, 0.25) is 11.8 Å². The van der Waals surface area contributed by atoms with E-state index in [4.69, 9.17) is 0 Å². The highest BCUT2D eigenvalue weighted by molar-refractivity contribution is 9.10. The van der Waals surface area contributed by atoms with E-state index < -0.39 is 6.04 Å². The topological polar surface area (TPSA) is 49.4 Å². The Morgan fingerprint density at radius 2 is 1.70 bits per heavy atom. The summed E-state index contributed by atoms with van der Waals surface area (Å²) in [6, 6.07) is 17.1. The molecular weight excluding hydrogens is 404 g/mol. The molecule has 0 aliphatic heterocycles. The van der Waals surface area contributed by atoms with Crippen LogP contribution in [0.5, 0.6) is 0 Å². The molecule has 4 nitrogen and oxygen atoms in total. The third-order valence-corrected chi connectivity index (χ3v) is 4.74. The highest BCUT2D eigenvalue weighted by atomic mass is 79.9. The molecule has 0 saturated heterocycles. The van der Waals surface area contributed by atoms with Crippen molar-refractivity contribution in [2.24, 2.45) is 0 Å². The van der Waals surface area contributed by atoms with Crippen LogP contribution in [0.2, 0.25) is 0 Å². The SMILES string of the molecule is CCC(=O)N(Cc1cccc(Br)c1)[C@@H](Cc1ccccc1)C(=O)NC(C)C. The molecule has 0 fully saturated rings. The average Bonchev–Trinajstić information content (AvgIpc) is 2.64. The van der Waals surface area contributed by atoms with Crippen molar-refractivity contribution < 1.29 is 9.59 Å². The van der Waals surface area contributed by atoms with Gasteiger partial charge in [0.05, 0.1) is 0 Å².